The minimum atomic E-state index is -1.02. The maximum absolute atomic E-state index is 12.6. The second kappa shape index (κ2) is 24.7. The van der Waals surface area contributed by atoms with Crippen LogP contribution in [0, 0.1) is 10.8 Å². The number of aliphatic carboxylic acids is 1. The third-order valence-corrected chi connectivity index (χ3v) is 7.41. The molecule has 59 heavy (non-hydrogen) atoms. The molecule has 0 spiro atoms. The summed E-state index contributed by atoms with van der Waals surface area (Å²) in [6.07, 6.45) is -0.520. The summed E-state index contributed by atoms with van der Waals surface area (Å²) in [5, 5.41) is 17.5. The molecule has 15 heteroatoms. The van der Waals surface area contributed by atoms with Crippen LogP contribution in [0.1, 0.15) is 158 Å². The number of rotatable bonds is 13. The fourth-order valence-electron chi connectivity index (χ4n) is 4.64. The van der Waals surface area contributed by atoms with Gasteiger partial charge >= 0.3 is 36.1 Å². The molecular formula is C44H102N2O13. The number of aliphatic hydroxyl groups is 1. The molecule has 2 aromatic carbocycles. The van der Waals surface area contributed by atoms with Gasteiger partial charge in [0.1, 0.15) is 43.1 Å². The summed E-state index contributed by atoms with van der Waals surface area (Å²) in [5.74, 6) is -2.95. The van der Waals surface area contributed by atoms with Crippen LogP contribution in [0.25, 0.3) is 0 Å². The van der Waals surface area contributed by atoms with Crippen LogP contribution in [-0.2, 0) is 56.1 Å². The Morgan fingerprint density at radius 1 is 0.593 bits per heavy atom. The summed E-state index contributed by atoms with van der Waals surface area (Å²) < 4.78 is 195. The Kier molecular flexibility index (Phi) is 12.9. The third kappa shape index (κ3) is 26.4. The lowest BCUT2D eigenvalue weighted by molar-refractivity contribution is -0.163. The number of amides is 2. The number of benzene rings is 2. The van der Waals surface area contributed by atoms with Crippen LogP contribution in [0.3, 0.4) is 0 Å². The van der Waals surface area contributed by atoms with Gasteiger partial charge in [0.2, 0.25) is 0 Å². The molecule has 0 saturated carbocycles. The van der Waals surface area contributed by atoms with Crippen LogP contribution in [0.5, 0.6) is 0 Å². The standard InChI is InChI=1S/C22H33NO6.C13H25NO4.C9H10O3.17H2/c1-21(2,3)13-17(23(7)20(26)29-22(4,5)6)19(25)28-15-18(24)27-14-16-11-9-8-10-12-16;1-12(2,3)8-9(10(15)16)14(7)11(17)18-13(4,5)6;10-6-9(11)12-7-8-4-2-1-3-5-8;;;;;;;;;;;;;;;;;/h8-12,17H,13-15H2,1-7H3;9H,8H2,1-7H3,(H,15,16);1-5,10H,6-7H2;17*1H/t17-;9-;;;;;;;;;;;;;;;;;;/m00................../s1/i;;;17*1+1D. The lowest BCUT2D eigenvalue weighted by Crippen LogP contribution is -2.47. The van der Waals surface area contributed by atoms with Crippen molar-refractivity contribution < 1.29 is 113 Å². The van der Waals surface area contributed by atoms with Crippen LogP contribution >= 0.6 is 0 Å². The lowest BCUT2D eigenvalue weighted by atomic mass is 9.87. The zero-order valence-electron chi connectivity index (χ0n) is 71.5. The summed E-state index contributed by atoms with van der Waals surface area (Å²) in [5.41, 5.74) is -0.00631. The number of nitrogens with zero attached hydrogens (tertiary/aromatic N) is 2. The number of hydrogen-bond acceptors (Lipinski definition) is 12. The molecule has 366 valence electrons. The molecule has 2 aromatic rings. The Bertz CT molecular complexity index is 1690. The second-order valence-corrected chi connectivity index (χ2v) is 18.1. The summed E-state index contributed by atoms with van der Waals surface area (Å²) in [6.45, 7) is 21.4. The Balaban J connectivity index is -0.0000000476. The van der Waals surface area contributed by atoms with Crippen LogP contribution in [-0.4, -0.2) is 107 Å². The first-order valence-corrected chi connectivity index (χ1v) is 19.3. The van der Waals surface area contributed by atoms with Gasteiger partial charge in [-0.3, -0.25) is 9.80 Å². The van der Waals surface area contributed by atoms with Gasteiger partial charge in [-0.25, -0.2) is 28.8 Å². The molecule has 0 radical (unpaired) electrons. The topological polar surface area (TPSA) is 196 Å². The number of hydrogen-bond donors (Lipinski definition) is 2. The van der Waals surface area contributed by atoms with Gasteiger partial charge in [0.15, 0.2) is 6.61 Å². The number of carbonyl (C=O) groups is 6. The van der Waals surface area contributed by atoms with E-state index in [0.29, 0.717) is 12.8 Å². The molecule has 0 aliphatic heterocycles. The number of aliphatic hydroxyl groups excluding tert-OH is 1. The van der Waals surface area contributed by atoms with E-state index in [1.165, 1.54) is 19.0 Å². The molecule has 0 aliphatic rings. The van der Waals surface area contributed by atoms with E-state index in [0.717, 1.165) is 16.0 Å². The van der Waals surface area contributed by atoms with Crippen molar-refractivity contribution in [2.45, 2.75) is 132 Å². The predicted molar refractivity (Wildman–Crippen MR) is 258 cm³/mol. The first kappa shape index (κ1) is 30.8. The number of carboxylic acid groups (broad SMARTS) is 1. The van der Waals surface area contributed by atoms with Crippen molar-refractivity contribution in [3.8, 4) is 0 Å². The Hall–Kier alpha value is -5.18. The highest BCUT2D eigenvalue weighted by molar-refractivity contribution is 5.83. The highest BCUT2D eigenvalue weighted by Crippen LogP contribution is 2.26. The van der Waals surface area contributed by atoms with Gasteiger partial charge in [-0.2, -0.15) is 0 Å². The summed E-state index contributed by atoms with van der Waals surface area (Å²) in [6, 6.07) is 16.8. The first-order chi connectivity index (χ1) is 43.9. The van der Waals surface area contributed by atoms with E-state index in [1.54, 1.807) is 41.5 Å². The highest BCUT2D eigenvalue weighted by Gasteiger charge is 2.35. The van der Waals surface area contributed by atoms with E-state index in [1.807, 2.05) is 102 Å². The first-order valence-electron chi connectivity index (χ1n) is 36.3. The molecular weight excluding hydrogens is 764 g/mol. The van der Waals surface area contributed by atoms with Gasteiger partial charge in [0.25, 0.3) is 0 Å². The molecule has 0 unspecified atom stereocenters. The average molecular weight is 902 g/mol. The molecule has 0 aliphatic carbocycles. The van der Waals surface area contributed by atoms with Crippen molar-refractivity contribution in [2.24, 2.45) is 10.8 Å². The quantitative estimate of drug-likeness (QED) is 0.142. The monoisotopic (exact) mass is 901 g/mol. The van der Waals surface area contributed by atoms with E-state index >= 15 is 0 Å². The molecule has 2 atom stereocenters. The number of esters is 3. The van der Waals surface area contributed by atoms with Crippen LogP contribution in [0.4, 0.5) is 9.59 Å². The minimum absolute atomic E-state index is 0.0977. The summed E-state index contributed by atoms with van der Waals surface area (Å²) in [7, 11) is 2.94. The largest absolute Gasteiger partial charge is 0.480 e. The molecule has 0 bridgehead atoms. The molecule has 0 saturated heterocycles. The van der Waals surface area contributed by atoms with Gasteiger partial charge in [0, 0.05) is 64.6 Å². The van der Waals surface area contributed by atoms with Crippen molar-refractivity contribution in [2.75, 3.05) is 27.3 Å². The van der Waals surface area contributed by atoms with E-state index in [2.05, 4.69) is 4.74 Å². The van der Waals surface area contributed by atoms with E-state index in [4.69, 9.17) is 74.5 Å². The molecule has 15 nitrogen and oxygen atoms in total. The van der Waals surface area contributed by atoms with E-state index in [-0.39, 0.29) is 24.0 Å². The van der Waals surface area contributed by atoms with Gasteiger partial charge in [-0.15, -0.1) is 0 Å². The molecule has 0 aromatic heterocycles. The van der Waals surface area contributed by atoms with Crippen LogP contribution in [0.15, 0.2) is 60.7 Å². The van der Waals surface area contributed by atoms with Crippen LogP contribution in [0.2, 0.25) is 0 Å². The molecule has 2 amide bonds. The number of carboxylic acids is 1. The van der Waals surface area contributed by atoms with Gasteiger partial charge < -0.3 is 33.9 Å². The smallest absolute Gasteiger partial charge is 0.410 e. The lowest BCUT2D eigenvalue weighted by Gasteiger charge is -2.32. The molecule has 2 rings (SSSR count). The van der Waals surface area contributed by atoms with Crippen molar-refractivity contribution in [3.63, 3.8) is 0 Å². The van der Waals surface area contributed by atoms with Gasteiger partial charge in [0.05, 0.1) is 0 Å². The SMILES string of the molecule is CN(C(=O)OC(C)(C)C)[C@@H](CC(C)(C)C)C(=O)O.CN(C(=O)OC(C)(C)C)[C@@H](CC(C)(C)C)C(=O)OCC(=O)OCc1ccccc1.O=C(CO)OCc1ccccc1.[2H][2H].[2H][2H].[2H][2H].[2H][2H].[2H][2H].[2H][2H].[2H][2H].[2H][2H].[2H][2H].[2H][2H].[2H][2H].[2H][2H].[2H][2H].[2H][2H].[2H][2H].[2H][2H].[2H][2H]. The third-order valence-electron chi connectivity index (χ3n) is 7.41. The highest BCUT2D eigenvalue weighted by atomic mass is 16.6. The van der Waals surface area contributed by atoms with Crippen molar-refractivity contribution in [1.29, 1.82) is 0 Å². The average Bonchev–Trinajstić information content (AvgIpc) is 1.53. The molecule has 0 fully saturated rings. The van der Waals surface area contributed by atoms with Gasteiger partial charge in [-0.05, 0) is 76.3 Å². The summed E-state index contributed by atoms with van der Waals surface area (Å²) >= 11 is 0. The second-order valence-electron chi connectivity index (χ2n) is 18.1. The van der Waals surface area contributed by atoms with Crippen LogP contribution < -0.4 is 0 Å². The number of ether oxygens (including phenoxy) is 5. The van der Waals surface area contributed by atoms with E-state index in [9.17, 15) is 33.9 Å². The van der Waals surface area contributed by atoms with E-state index < -0.39 is 72.6 Å². The fraction of sp³-hybridized carbons (Fsp3) is 0.591. The fourth-order valence-corrected chi connectivity index (χ4v) is 4.64. The van der Waals surface area contributed by atoms with Gasteiger partial charge in [-0.1, -0.05) is 102 Å². The molecule has 0 heterocycles. The Labute approximate surface area is 402 Å². The minimum Gasteiger partial charge on any atom is -0.480 e. The predicted octanol–water partition coefficient (Wildman–Crippen LogP) is 11.6. The zero-order valence-corrected chi connectivity index (χ0v) is 37.5. The number of carbonyl (C=O) groups excluding carboxylic acids is 5. The van der Waals surface area contributed by atoms with Crippen molar-refractivity contribution in [3.05, 3.63) is 71.8 Å². The maximum atomic E-state index is 12.6. The van der Waals surface area contributed by atoms with Crippen molar-refractivity contribution >= 4 is 36.1 Å². The Morgan fingerprint density at radius 3 is 1.29 bits per heavy atom. The number of likely N-dealkylation sites (N-methyl/N-ethyl adjacent to an activating group) is 2. The molecule has 2 N–H and O–H groups in total. The van der Waals surface area contributed by atoms with Crippen molar-refractivity contribution in [1.82, 2.24) is 9.80 Å². The normalized spacial score (nSPS) is 14.7. The zero-order chi connectivity index (χ0) is 79.8. The maximum Gasteiger partial charge on any atom is 0.410 e. The summed E-state index contributed by atoms with van der Waals surface area (Å²) in [4.78, 5) is 72.9. The Morgan fingerprint density at radius 2 is 0.949 bits per heavy atom.